The largest absolute Gasteiger partial charge is 0.496 e. The minimum absolute atomic E-state index is 0.0905. The van der Waals surface area contributed by atoms with Crippen LogP contribution in [-0.2, 0) is 13.0 Å². The van der Waals surface area contributed by atoms with E-state index >= 15 is 0 Å². The molecule has 0 radical (unpaired) electrons. The predicted molar refractivity (Wildman–Crippen MR) is 154 cm³/mol. The molecule has 2 N–H and O–H groups in total. The van der Waals surface area contributed by atoms with Gasteiger partial charge in [0.05, 0.1) is 26.9 Å². The Morgan fingerprint density at radius 1 is 0.889 bits per heavy atom. The highest BCUT2D eigenvalue weighted by atomic mass is 79.9. The Labute approximate surface area is 223 Å². The molecule has 0 saturated heterocycles. The van der Waals surface area contributed by atoms with Crippen LogP contribution in [0.2, 0.25) is 0 Å². The van der Waals surface area contributed by atoms with E-state index in [9.17, 15) is 5.11 Å². The van der Waals surface area contributed by atoms with E-state index in [-0.39, 0.29) is 12.6 Å². The van der Waals surface area contributed by atoms with E-state index in [0.29, 0.717) is 0 Å². The first-order chi connectivity index (χ1) is 17.4. The molecule has 0 aromatic heterocycles. The zero-order chi connectivity index (χ0) is 26.1. The molecule has 1 atom stereocenters. The smallest absolute Gasteiger partial charge is 0.121 e. The van der Waals surface area contributed by atoms with E-state index in [1.807, 2.05) is 36.2 Å². The van der Waals surface area contributed by atoms with Gasteiger partial charge in [-0.2, -0.15) is 0 Å². The maximum Gasteiger partial charge on any atom is 0.121 e. The van der Waals surface area contributed by atoms with Crippen LogP contribution in [0.25, 0.3) is 12.2 Å². The first kappa shape index (κ1) is 27.7. The van der Waals surface area contributed by atoms with Crippen LogP contribution in [0, 0.1) is 20.8 Å². The lowest BCUT2D eigenvalue weighted by Crippen LogP contribution is -2.28. The van der Waals surface area contributed by atoms with Gasteiger partial charge in [0, 0.05) is 6.54 Å². The Morgan fingerprint density at radius 2 is 1.50 bits per heavy atom. The molecule has 4 nitrogen and oxygen atoms in total. The van der Waals surface area contributed by atoms with E-state index in [2.05, 4.69) is 77.6 Å². The number of fused-ring (bicyclic) bond motifs is 1. The number of methoxy groups -OCH3 is 2. The number of halogens is 1. The maximum absolute atomic E-state index is 9.54. The quantitative estimate of drug-likeness (QED) is 0.345. The lowest BCUT2D eigenvalue weighted by atomic mass is 9.90. The zero-order valence-corrected chi connectivity index (χ0v) is 23.4. The standard InChI is InChI=1S/C21H25NO2.C10H11BrO/c1-14-11-17-8-9-22-20(19(17)12-18(14)13-23)6-4-16-5-7-21(24-3)15(2)10-16;1-8-7-9(5-6-11)3-4-10(8)12-2/h4-7,10-12,20,22-23H,8-9,13H2,1-3H3;3-7H,1-2H3/b6-4+;6-5+. The molecule has 5 heteroatoms. The summed E-state index contributed by atoms with van der Waals surface area (Å²) in [5, 5.41) is 13.1. The van der Waals surface area contributed by atoms with Crippen molar-refractivity contribution in [3.63, 3.8) is 0 Å². The zero-order valence-electron chi connectivity index (χ0n) is 21.8. The van der Waals surface area contributed by atoms with Crippen molar-refractivity contribution >= 4 is 28.1 Å². The maximum atomic E-state index is 9.54. The fourth-order valence-electron chi connectivity index (χ4n) is 4.44. The third-order valence-corrected chi connectivity index (χ3v) is 6.70. The summed E-state index contributed by atoms with van der Waals surface area (Å²) in [5.74, 6) is 1.85. The van der Waals surface area contributed by atoms with Gasteiger partial charge >= 0.3 is 0 Å². The van der Waals surface area contributed by atoms with Crippen molar-refractivity contribution in [2.24, 2.45) is 0 Å². The molecular weight excluding hydrogens is 514 g/mol. The molecule has 3 aromatic carbocycles. The summed E-state index contributed by atoms with van der Waals surface area (Å²) in [4.78, 5) is 1.84. The van der Waals surface area contributed by atoms with E-state index in [1.54, 1.807) is 14.2 Å². The van der Waals surface area contributed by atoms with Crippen molar-refractivity contribution in [1.29, 1.82) is 0 Å². The summed E-state index contributed by atoms with van der Waals surface area (Å²) in [7, 11) is 3.38. The Hall–Kier alpha value is -2.86. The second kappa shape index (κ2) is 13.4. The summed E-state index contributed by atoms with van der Waals surface area (Å²) in [6.07, 6.45) is 7.38. The van der Waals surface area contributed by atoms with Gasteiger partial charge in [-0.15, -0.1) is 0 Å². The number of hydrogen-bond acceptors (Lipinski definition) is 4. The van der Waals surface area contributed by atoms with Crippen LogP contribution in [0.1, 0.15) is 50.5 Å². The van der Waals surface area contributed by atoms with Gasteiger partial charge in [-0.25, -0.2) is 0 Å². The lowest BCUT2D eigenvalue weighted by molar-refractivity contribution is 0.280. The molecule has 0 fully saturated rings. The number of aryl methyl sites for hydroxylation is 3. The predicted octanol–water partition coefficient (Wildman–Crippen LogP) is 7.07. The average Bonchev–Trinajstić information content (AvgIpc) is 2.88. The van der Waals surface area contributed by atoms with Crippen LogP contribution in [0.3, 0.4) is 0 Å². The number of nitrogens with one attached hydrogen (secondary N) is 1. The third kappa shape index (κ3) is 7.10. The molecule has 0 spiro atoms. The number of ether oxygens (including phenoxy) is 2. The first-order valence-electron chi connectivity index (χ1n) is 12.1. The summed E-state index contributed by atoms with van der Waals surface area (Å²) >= 11 is 3.23. The summed E-state index contributed by atoms with van der Waals surface area (Å²) in [5.41, 5.74) is 9.46. The SMILES string of the molecule is COc1ccc(/C=C/Br)cc1C.COc1ccc(/C=C/C2NCCc3cc(C)c(CO)cc32)cc1C. The van der Waals surface area contributed by atoms with Crippen molar-refractivity contribution in [3.8, 4) is 11.5 Å². The highest BCUT2D eigenvalue weighted by molar-refractivity contribution is 9.11. The van der Waals surface area contributed by atoms with Gasteiger partial charge in [0.25, 0.3) is 0 Å². The minimum Gasteiger partial charge on any atom is -0.496 e. The van der Waals surface area contributed by atoms with Crippen LogP contribution in [-0.4, -0.2) is 25.9 Å². The third-order valence-electron chi connectivity index (χ3n) is 6.44. The number of aliphatic hydroxyl groups is 1. The Morgan fingerprint density at radius 3 is 2.03 bits per heavy atom. The van der Waals surface area contributed by atoms with E-state index in [0.717, 1.165) is 46.7 Å². The number of rotatable bonds is 6. The minimum atomic E-state index is 0.0905. The highest BCUT2D eigenvalue weighted by Crippen LogP contribution is 2.28. The molecule has 0 aliphatic carbocycles. The van der Waals surface area contributed by atoms with Crippen LogP contribution in [0.15, 0.2) is 59.6 Å². The first-order valence-corrected chi connectivity index (χ1v) is 13.0. The van der Waals surface area contributed by atoms with E-state index < -0.39 is 0 Å². The second-order valence-corrected chi connectivity index (χ2v) is 9.46. The molecule has 4 rings (SSSR count). The van der Waals surface area contributed by atoms with Crippen LogP contribution in [0.5, 0.6) is 11.5 Å². The molecule has 3 aromatic rings. The fraction of sp³-hybridized carbons (Fsp3) is 0.290. The Bertz CT molecular complexity index is 1230. The molecule has 1 aliphatic rings. The van der Waals surface area contributed by atoms with Crippen LogP contribution < -0.4 is 14.8 Å². The number of hydrogen-bond donors (Lipinski definition) is 2. The van der Waals surface area contributed by atoms with E-state index in [4.69, 9.17) is 9.47 Å². The molecule has 36 heavy (non-hydrogen) atoms. The van der Waals surface area contributed by atoms with Crippen LogP contribution >= 0.6 is 15.9 Å². The topological polar surface area (TPSA) is 50.7 Å². The molecule has 1 heterocycles. The van der Waals surface area contributed by atoms with Crippen molar-refractivity contribution in [2.75, 3.05) is 20.8 Å². The number of benzene rings is 3. The Kier molecular flexibility index (Phi) is 10.4. The van der Waals surface area contributed by atoms with Crippen molar-refractivity contribution in [1.82, 2.24) is 5.32 Å². The average molecular weight is 551 g/mol. The van der Waals surface area contributed by atoms with Gasteiger partial charge in [0.1, 0.15) is 11.5 Å². The number of aliphatic hydroxyl groups excluding tert-OH is 1. The van der Waals surface area contributed by atoms with Gasteiger partial charge in [0.2, 0.25) is 0 Å². The van der Waals surface area contributed by atoms with E-state index in [1.165, 1.54) is 22.3 Å². The normalized spacial score (nSPS) is 14.9. The summed E-state index contributed by atoms with van der Waals surface area (Å²) in [6.45, 7) is 7.22. The molecule has 190 valence electrons. The van der Waals surface area contributed by atoms with Gasteiger partial charge in [-0.3, -0.25) is 0 Å². The molecule has 0 amide bonds. The van der Waals surface area contributed by atoms with Gasteiger partial charge < -0.3 is 19.9 Å². The monoisotopic (exact) mass is 549 g/mol. The fourth-order valence-corrected chi connectivity index (χ4v) is 4.75. The van der Waals surface area contributed by atoms with Gasteiger partial charge in [-0.1, -0.05) is 52.3 Å². The van der Waals surface area contributed by atoms with Crippen molar-refractivity contribution < 1.29 is 14.6 Å². The van der Waals surface area contributed by atoms with Crippen LogP contribution in [0.4, 0.5) is 0 Å². The van der Waals surface area contributed by atoms with Gasteiger partial charge in [-0.05, 0) is 107 Å². The summed E-state index contributed by atoms with van der Waals surface area (Å²) < 4.78 is 10.5. The Balaban J connectivity index is 0.000000253. The highest BCUT2D eigenvalue weighted by Gasteiger charge is 2.18. The molecule has 0 bridgehead atoms. The second-order valence-electron chi connectivity index (χ2n) is 8.93. The van der Waals surface area contributed by atoms with Crippen molar-refractivity contribution in [2.45, 2.75) is 39.8 Å². The molecule has 1 aliphatic heterocycles. The molecule has 0 saturated carbocycles. The molecule has 1 unspecified atom stereocenters. The van der Waals surface area contributed by atoms with Gasteiger partial charge in [0.15, 0.2) is 0 Å². The molecular formula is C31H36BrNO3. The summed E-state index contributed by atoms with van der Waals surface area (Å²) in [6, 6.07) is 16.8. The lowest BCUT2D eigenvalue weighted by Gasteiger charge is -2.26. The van der Waals surface area contributed by atoms with Crippen molar-refractivity contribution in [3.05, 3.63) is 104 Å².